The van der Waals surface area contributed by atoms with Crippen molar-refractivity contribution in [1.29, 1.82) is 0 Å². The highest BCUT2D eigenvalue weighted by Crippen LogP contribution is 2.26. The van der Waals surface area contributed by atoms with Crippen molar-refractivity contribution in [2.24, 2.45) is 5.92 Å². The molecule has 2 aliphatic heterocycles. The third-order valence-electron chi connectivity index (χ3n) is 5.61. The summed E-state index contributed by atoms with van der Waals surface area (Å²) in [6.07, 6.45) is 2.84. The van der Waals surface area contributed by atoms with Gasteiger partial charge in [0, 0.05) is 25.7 Å². The molecule has 2 saturated heterocycles. The fourth-order valence-electron chi connectivity index (χ4n) is 4.12. The van der Waals surface area contributed by atoms with E-state index in [1.165, 1.54) is 31.5 Å². The Morgan fingerprint density at radius 2 is 1.80 bits per heavy atom. The lowest BCUT2D eigenvalue weighted by Gasteiger charge is -2.41. The fraction of sp³-hybridized carbons (Fsp3) is 0.714. The van der Waals surface area contributed by atoms with Gasteiger partial charge in [-0.15, -0.1) is 0 Å². The zero-order valence-corrected chi connectivity index (χ0v) is 16.1. The molecule has 0 amide bonds. The molecule has 25 heavy (non-hydrogen) atoms. The molecule has 0 saturated carbocycles. The van der Waals surface area contributed by atoms with E-state index >= 15 is 0 Å². The molecule has 0 radical (unpaired) electrons. The first-order valence-corrected chi connectivity index (χ1v) is 9.91. The summed E-state index contributed by atoms with van der Waals surface area (Å²) in [4.78, 5) is 5.22. The minimum Gasteiger partial charge on any atom is -0.491 e. The molecule has 0 aromatic heterocycles. The van der Waals surface area contributed by atoms with Crippen LogP contribution in [-0.4, -0.2) is 61.3 Å². The predicted molar refractivity (Wildman–Crippen MR) is 102 cm³/mol. The maximum atomic E-state index is 5.83. The zero-order chi connectivity index (χ0) is 17.6. The Balaban J connectivity index is 1.47. The van der Waals surface area contributed by atoms with Crippen molar-refractivity contribution in [3.8, 4) is 5.75 Å². The molecule has 4 nitrogen and oxygen atoms in total. The molecular formula is C21H34N2O2. The Hall–Kier alpha value is -1.10. The Bertz CT molecular complexity index is 520. The van der Waals surface area contributed by atoms with Gasteiger partial charge in [-0.3, -0.25) is 9.80 Å². The number of piperidine rings is 1. The second-order valence-corrected chi connectivity index (χ2v) is 7.82. The third-order valence-corrected chi connectivity index (χ3v) is 5.61. The predicted octanol–water partition coefficient (Wildman–Crippen LogP) is 3.41. The van der Waals surface area contributed by atoms with Crippen LogP contribution in [0.15, 0.2) is 24.3 Å². The summed E-state index contributed by atoms with van der Waals surface area (Å²) in [5, 5.41) is 0. The van der Waals surface area contributed by atoms with E-state index in [-0.39, 0.29) is 6.10 Å². The van der Waals surface area contributed by atoms with Crippen molar-refractivity contribution in [2.45, 2.75) is 52.3 Å². The van der Waals surface area contributed by atoms with Crippen molar-refractivity contribution >= 4 is 0 Å². The van der Waals surface area contributed by atoms with Crippen LogP contribution in [0.2, 0.25) is 0 Å². The third kappa shape index (κ3) is 5.44. The van der Waals surface area contributed by atoms with E-state index in [4.69, 9.17) is 9.47 Å². The number of hydrogen-bond donors (Lipinski definition) is 0. The van der Waals surface area contributed by atoms with Gasteiger partial charge in [-0.2, -0.15) is 0 Å². The van der Waals surface area contributed by atoms with E-state index in [0.717, 1.165) is 44.5 Å². The van der Waals surface area contributed by atoms with Gasteiger partial charge >= 0.3 is 0 Å². The summed E-state index contributed by atoms with van der Waals surface area (Å²) in [6.45, 7) is 14.0. The minimum atomic E-state index is 0.229. The summed E-state index contributed by atoms with van der Waals surface area (Å²) in [6, 6.07) is 9.27. The van der Waals surface area contributed by atoms with Gasteiger partial charge in [0.2, 0.25) is 0 Å². The summed E-state index contributed by atoms with van der Waals surface area (Å²) in [5.41, 5.74) is 1.36. The summed E-state index contributed by atoms with van der Waals surface area (Å²) in [5.74, 6) is 1.81. The molecule has 2 heterocycles. The number of likely N-dealkylation sites (tertiary alicyclic amines) is 1. The van der Waals surface area contributed by atoms with Gasteiger partial charge in [-0.25, -0.2) is 0 Å². The van der Waals surface area contributed by atoms with Gasteiger partial charge in [0.1, 0.15) is 5.75 Å². The molecule has 0 N–H and O–H groups in total. The summed E-state index contributed by atoms with van der Waals surface area (Å²) >= 11 is 0. The molecule has 1 aromatic rings. The first-order chi connectivity index (χ1) is 12.1. The molecule has 140 valence electrons. The molecule has 4 heteroatoms. The lowest BCUT2D eigenvalue weighted by atomic mass is 9.89. The van der Waals surface area contributed by atoms with Crippen LogP contribution in [0.1, 0.15) is 39.2 Å². The largest absolute Gasteiger partial charge is 0.491 e. The van der Waals surface area contributed by atoms with Crippen LogP contribution < -0.4 is 4.74 Å². The van der Waals surface area contributed by atoms with Crippen molar-refractivity contribution in [2.75, 3.05) is 39.4 Å². The standard InChI is InChI=1S/C21H34N2O2/c1-17(2)25-21-6-4-5-19(15-21)16-22-9-7-20(8-10-22)18(3)23-11-13-24-14-12-23/h4-6,15,17-18,20H,7-14,16H2,1-3H3/t18-/m1/s1. The maximum absolute atomic E-state index is 5.83. The molecule has 1 atom stereocenters. The summed E-state index contributed by atoms with van der Waals surface area (Å²) in [7, 11) is 0. The number of morpholine rings is 1. The second kappa shape index (κ2) is 9.02. The van der Waals surface area contributed by atoms with Crippen LogP contribution in [0.3, 0.4) is 0 Å². The number of rotatable bonds is 6. The average molecular weight is 347 g/mol. The topological polar surface area (TPSA) is 24.9 Å². The van der Waals surface area contributed by atoms with Crippen LogP contribution in [0, 0.1) is 5.92 Å². The lowest BCUT2D eigenvalue weighted by molar-refractivity contribution is -0.00192. The van der Waals surface area contributed by atoms with E-state index in [1.54, 1.807) is 0 Å². The molecule has 0 bridgehead atoms. The number of nitrogens with zero attached hydrogens (tertiary/aromatic N) is 2. The quantitative estimate of drug-likeness (QED) is 0.788. The number of ether oxygens (including phenoxy) is 2. The van der Waals surface area contributed by atoms with Crippen LogP contribution in [0.5, 0.6) is 5.75 Å². The first-order valence-electron chi connectivity index (χ1n) is 9.91. The van der Waals surface area contributed by atoms with Gasteiger partial charge in [-0.05, 0) is 70.3 Å². The molecule has 1 aromatic carbocycles. The molecule has 2 fully saturated rings. The van der Waals surface area contributed by atoms with E-state index in [0.29, 0.717) is 6.04 Å². The van der Waals surface area contributed by atoms with Crippen LogP contribution in [-0.2, 0) is 11.3 Å². The Morgan fingerprint density at radius 3 is 2.48 bits per heavy atom. The molecule has 0 unspecified atom stereocenters. The smallest absolute Gasteiger partial charge is 0.120 e. The van der Waals surface area contributed by atoms with Gasteiger partial charge < -0.3 is 9.47 Å². The monoisotopic (exact) mass is 346 g/mol. The Kier molecular flexibility index (Phi) is 6.74. The zero-order valence-electron chi connectivity index (χ0n) is 16.1. The molecule has 2 aliphatic rings. The molecule has 0 spiro atoms. The summed E-state index contributed by atoms with van der Waals surface area (Å²) < 4.78 is 11.3. The van der Waals surface area contributed by atoms with E-state index < -0.39 is 0 Å². The highest BCUT2D eigenvalue weighted by atomic mass is 16.5. The van der Waals surface area contributed by atoms with E-state index in [9.17, 15) is 0 Å². The SMILES string of the molecule is CC(C)Oc1cccc(CN2CCC([C@@H](C)N3CCOCC3)CC2)c1. The van der Waals surface area contributed by atoms with Gasteiger partial charge in [0.15, 0.2) is 0 Å². The molecule has 3 rings (SSSR count). The molecular weight excluding hydrogens is 312 g/mol. The van der Waals surface area contributed by atoms with Crippen LogP contribution >= 0.6 is 0 Å². The van der Waals surface area contributed by atoms with Gasteiger partial charge in [0.05, 0.1) is 19.3 Å². The Morgan fingerprint density at radius 1 is 1.08 bits per heavy atom. The maximum Gasteiger partial charge on any atom is 0.120 e. The van der Waals surface area contributed by atoms with Crippen molar-refractivity contribution in [3.05, 3.63) is 29.8 Å². The van der Waals surface area contributed by atoms with E-state index in [2.05, 4.69) is 54.8 Å². The van der Waals surface area contributed by atoms with Crippen molar-refractivity contribution in [1.82, 2.24) is 9.80 Å². The van der Waals surface area contributed by atoms with Crippen LogP contribution in [0.4, 0.5) is 0 Å². The van der Waals surface area contributed by atoms with Crippen molar-refractivity contribution in [3.63, 3.8) is 0 Å². The van der Waals surface area contributed by atoms with Crippen LogP contribution in [0.25, 0.3) is 0 Å². The first kappa shape index (κ1) is 18.7. The highest BCUT2D eigenvalue weighted by Gasteiger charge is 2.28. The van der Waals surface area contributed by atoms with E-state index in [1.807, 2.05) is 0 Å². The highest BCUT2D eigenvalue weighted by molar-refractivity contribution is 5.28. The van der Waals surface area contributed by atoms with Crippen molar-refractivity contribution < 1.29 is 9.47 Å². The van der Waals surface area contributed by atoms with Gasteiger partial charge in [-0.1, -0.05) is 12.1 Å². The number of hydrogen-bond acceptors (Lipinski definition) is 4. The second-order valence-electron chi connectivity index (χ2n) is 7.82. The lowest BCUT2D eigenvalue weighted by Crippen LogP contribution is -2.48. The molecule has 0 aliphatic carbocycles. The van der Waals surface area contributed by atoms with Gasteiger partial charge in [0.25, 0.3) is 0 Å². The Labute approximate surface area is 153 Å². The average Bonchev–Trinajstić information content (AvgIpc) is 2.62. The number of benzene rings is 1. The normalized spacial score (nSPS) is 22.2. The minimum absolute atomic E-state index is 0.229. The fourth-order valence-corrected chi connectivity index (χ4v) is 4.12.